The maximum absolute atomic E-state index is 13.4. The van der Waals surface area contributed by atoms with Crippen molar-refractivity contribution >= 4 is 5.78 Å². The SMILES string of the molecule is C[C@]12C[C@H](c3ccc(C4CCC5(CCCCCCCCCC5)NC4)cc3)C3=C4CCC(=O)C=C4CCC3C1CC[C@@]2(O)/C=C/C(F)(F)F. The van der Waals surface area contributed by atoms with Gasteiger partial charge in [0, 0.05) is 35.9 Å². The summed E-state index contributed by atoms with van der Waals surface area (Å²) in [4.78, 5) is 12.4. The van der Waals surface area contributed by atoms with E-state index in [1.807, 2.05) is 6.08 Å². The van der Waals surface area contributed by atoms with E-state index in [1.165, 1.54) is 105 Å². The Balaban J connectivity index is 1.15. The number of carbonyl (C=O) groups excluding carboxylic acids is 1. The summed E-state index contributed by atoms with van der Waals surface area (Å²) in [5.74, 6) is 1.02. The molecule has 5 aliphatic carbocycles. The third kappa shape index (κ3) is 6.66. The molecule has 1 aromatic carbocycles. The van der Waals surface area contributed by atoms with Gasteiger partial charge in [0.25, 0.3) is 0 Å². The van der Waals surface area contributed by atoms with Crippen LogP contribution < -0.4 is 5.32 Å². The first-order chi connectivity index (χ1) is 23.0. The Bertz CT molecular complexity index is 1420. The van der Waals surface area contributed by atoms with Crippen molar-refractivity contribution in [3.05, 3.63) is 70.3 Å². The molecule has 48 heavy (non-hydrogen) atoms. The van der Waals surface area contributed by atoms with Crippen molar-refractivity contribution in [2.45, 2.75) is 158 Å². The molecule has 1 saturated heterocycles. The molecule has 3 nitrogen and oxygen atoms in total. The van der Waals surface area contributed by atoms with Crippen LogP contribution in [0.3, 0.4) is 0 Å². The molecule has 0 amide bonds. The van der Waals surface area contributed by atoms with Crippen LogP contribution in [0.4, 0.5) is 13.2 Å². The van der Waals surface area contributed by atoms with Crippen molar-refractivity contribution < 1.29 is 23.1 Å². The number of ketones is 1. The minimum Gasteiger partial charge on any atom is -0.385 e. The van der Waals surface area contributed by atoms with Crippen LogP contribution in [-0.2, 0) is 4.79 Å². The summed E-state index contributed by atoms with van der Waals surface area (Å²) in [7, 11) is 0. The first kappa shape index (κ1) is 34.3. The highest BCUT2D eigenvalue weighted by molar-refractivity contribution is 5.93. The second-order valence-corrected chi connectivity index (χ2v) is 16.7. The number of piperidine rings is 1. The number of halogens is 3. The third-order valence-corrected chi connectivity index (χ3v) is 14.1. The average molecular weight is 664 g/mol. The van der Waals surface area contributed by atoms with E-state index in [9.17, 15) is 23.1 Å². The molecule has 0 bridgehead atoms. The molecule has 3 saturated carbocycles. The molecule has 4 fully saturated rings. The Labute approximate surface area is 285 Å². The Hall–Kier alpha value is -2.18. The van der Waals surface area contributed by atoms with E-state index in [0.717, 1.165) is 38.3 Å². The van der Waals surface area contributed by atoms with Crippen molar-refractivity contribution in [1.29, 1.82) is 0 Å². The van der Waals surface area contributed by atoms with Gasteiger partial charge in [0.05, 0.1) is 5.60 Å². The quantitative estimate of drug-likeness (QED) is 0.317. The fourth-order valence-corrected chi connectivity index (χ4v) is 11.3. The number of rotatable bonds is 3. The molecule has 3 unspecified atom stereocenters. The highest BCUT2D eigenvalue weighted by atomic mass is 19.4. The van der Waals surface area contributed by atoms with E-state index >= 15 is 0 Å². The monoisotopic (exact) mass is 663 g/mol. The molecule has 1 aromatic rings. The summed E-state index contributed by atoms with van der Waals surface area (Å²) in [5, 5.41) is 16.0. The molecule has 6 heteroatoms. The number of hydrogen-bond acceptors (Lipinski definition) is 3. The lowest BCUT2D eigenvalue weighted by Gasteiger charge is -2.54. The molecule has 0 aromatic heterocycles. The lowest BCUT2D eigenvalue weighted by molar-refractivity contribution is -0.114. The van der Waals surface area contributed by atoms with Gasteiger partial charge in [-0.3, -0.25) is 4.79 Å². The van der Waals surface area contributed by atoms with Crippen molar-refractivity contribution in [3.8, 4) is 0 Å². The van der Waals surface area contributed by atoms with Crippen LogP contribution in [0.25, 0.3) is 0 Å². The fraction of sp³-hybridized carbons (Fsp3) is 0.690. The van der Waals surface area contributed by atoms with Crippen molar-refractivity contribution in [2.75, 3.05) is 6.54 Å². The first-order valence-electron chi connectivity index (χ1n) is 19.3. The predicted molar refractivity (Wildman–Crippen MR) is 186 cm³/mol. The number of nitrogens with one attached hydrogen (secondary N) is 1. The van der Waals surface area contributed by atoms with Crippen LogP contribution in [0.2, 0.25) is 0 Å². The normalized spacial score (nSPS) is 36.3. The van der Waals surface area contributed by atoms with Crippen molar-refractivity contribution in [3.63, 3.8) is 0 Å². The van der Waals surface area contributed by atoms with E-state index in [4.69, 9.17) is 0 Å². The zero-order valence-corrected chi connectivity index (χ0v) is 29.0. The first-order valence-corrected chi connectivity index (χ1v) is 19.3. The summed E-state index contributed by atoms with van der Waals surface area (Å²) in [6.45, 7) is 3.06. The summed E-state index contributed by atoms with van der Waals surface area (Å²) in [6, 6.07) is 9.16. The molecule has 1 spiro atoms. The van der Waals surface area contributed by atoms with Gasteiger partial charge in [-0.1, -0.05) is 88.1 Å². The van der Waals surface area contributed by atoms with Gasteiger partial charge < -0.3 is 10.4 Å². The van der Waals surface area contributed by atoms with Gasteiger partial charge in [-0.2, -0.15) is 13.2 Å². The number of alkyl halides is 3. The smallest absolute Gasteiger partial charge is 0.385 e. The molecule has 6 atom stereocenters. The number of fused-ring (bicyclic) bond motifs is 4. The molecule has 7 rings (SSSR count). The van der Waals surface area contributed by atoms with E-state index in [2.05, 4.69) is 36.5 Å². The Kier molecular flexibility index (Phi) is 9.65. The number of hydrogen-bond donors (Lipinski definition) is 2. The van der Waals surface area contributed by atoms with Crippen LogP contribution >= 0.6 is 0 Å². The largest absolute Gasteiger partial charge is 0.409 e. The Morgan fingerprint density at radius 1 is 0.833 bits per heavy atom. The van der Waals surface area contributed by atoms with Gasteiger partial charge in [-0.15, -0.1) is 0 Å². The van der Waals surface area contributed by atoms with Gasteiger partial charge in [-0.05, 0) is 116 Å². The second-order valence-electron chi connectivity index (χ2n) is 16.7. The summed E-state index contributed by atoms with van der Waals surface area (Å²) >= 11 is 0. The van der Waals surface area contributed by atoms with Gasteiger partial charge in [0.15, 0.2) is 5.78 Å². The lowest BCUT2D eigenvalue weighted by Crippen LogP contribution is -2.51. The van der Waals surface area contributed by atoms with Crippen LogP contribution in [0.5, 0.6) is 0 Å². The second kappa shape index (κ2) is 13.5. The molecular weight excluding hydrogens is 607 g/mol. The van der Waals surface area contributed by atoms with E-state index in [0.29, 0.717) is 30.7 Å². The van der Waals surface area contributed by atoms with E-state index in [-0.39, 0.29) is 29.6 Å². The summed E-state index contributed by atoms with van der Waals surface area (Å²) < 4.78 is 40.2. The number of carbonyl (C=O) groups is 1. The third-order valence-electron chi connectivity index (χ3n) is 14.1. The van der Waals surface area contributed by atoms with Crippen molar-refractivity contribution in [2.24, 2.45) is 17.3 Å². The fourth-order valence-electron chi connectivity index (χ4n) is 11.3. The van der Waals surface area contributed by atoms with E-state index < -0.39 is 17.2 Å². The summed E-state index contributed by atoms with van der Waals surface area (Å²) in [6.07, 6.45) is 19.4. The van der Waals surface area contributed by atoms with Crippen LogP contribution in [-0.4, -0.2) is 34.8 Å². The number of benzene rings is 1. The predicted octanol–water partition coefficient (Wildman–Crippen LogP) is 10.6. The molecule has 6 aliphatic rings. The highest BCUT2D eigenvalue weighted by Crippen LogP contribution is 2.67. The standard InChI is InChI=1S/C42H56F3NO2/c1-39-27-36(30-12-10-29(11-13-30)32-18-22-40(46-28-32)20-8-6-4-2-3-5-7-9-21-40)38-34-17-15-33(47)26-31(34)14-16-35(38)37(39)19-23-41(39,48)24-25-42(43,44)45/h10-13,24-26,32,35-37,46,48H,2-9,14-23,27-28H2,1H3/b25-24+/t32?,35?,36-,37?,39+,41-/m1/s1. The maximum atomic E-state index is 13.4. The number of aliphatic hydroxyl groups is 1. The van der Waals surface area contributed by atoms with Crippen LogP contribution in [0.15, 0.2) is 59.2 Å². The maximum Gasteiger partial charge on any atom is 0.409 e. The molecule has 1 aliphatic heterocycles. The van der Waals surface area contributed by atoms with Gasteiger partial charge >= 0.3 is 6.18 Å². The van der Waals surface area contributed by atoms with E-state index in [1.54, 1.807) is 0 Å². The van der Waals surface area contributed by atoms with Crippen LogP contribution in [0.1, 0.15) is 152 Å². The molecule has 0 radical (unpaired) electrons. The molecule has 2 N–H and O–H groups in total. The lowest BCUT2D eigenvalue weighted by atomic mass is 9.51. The number of allylic oxidation sites excluding steroid dienone is 5. The molecule has 262 valence electrons. The zero-order chi connectivity index (χ0) is 33.6. The van der Waals surface area contributed by atoms with Gasteiger partial charge in [-0.25, -0.2) is 0 Å². The Morgan fingerprint density at radius 2 is 1.50 bits per heavy atom. The minimum atomic E-state index is -4.46. The molecular formula is C42H56F3NO2. The van der Waals surface area contributed by atoms with Crippen molar-refractivity contribution in [1.82, 2.24) is 5.32 Å². The summed E-state index contributed by atoms with van der Waals surface area (Å²) in [5.41, 5.74) is 4.59. The molecule has 1 heterocycles. The average Bonchev–Trinajstić information content (AvgIpc) is 3.31. The minimum absolute atomic E-state index is 0.0147. The van der Waals surface area contributed by atoms with Gasteiger partial charge in [0.1, 0.15) is 0 Å². The Morgan fingerprint density at radius 3 is 2.15 bits per heavy atom. The van der Waals surface area contributed by atoms with Gasteiger partial charge in [0.2, 0.25) is 0 Å². The van der Waals surface area contributed by atoms with Crippen LogP contribution in [0, 0.1) is 17.3 Å². The topological polar surface area (TPSA) is 49.3 Å². The highest BCUT2D eigenvalue weighted by Gasteiger charge is 2.62. The zero-order valence-electron chi connectivity index (χ0n) is 29.0.